The van der Waals surface area contributed by atoms with E-state index in [2.05, 4.69) is 36.7 Å². The van der Waals surface area contributed by atoms with Gasteiger partial charge in [-0.2, -0.15) is 5.10 Å². The summed E-state index contributed by atoms with van der Waals surface area (Å²) >= 11 is 0. The zero-order valence-electron chi connectivity index (χ0n) is 22.8. The van der Waals surface area contributed by atoms with E-state index in [0.717, 1.165) is 71.2 Å². The predicted molar refractivity (Wildman–Crippen MR) is 153 cm³/mol. The lowest BCUT2D eigenvalue weighted by atomic mass is 10.0. The number of aromatic nitrogens is 2. The lowest BCUT2D eigenvalue weighted by molar-refractivity contribution is 0.0436. The molecule has 1 aromatic carbocycles. The van der Waals surface area contributed by atoms with E-state index in [-0.39, 0.29) is 17.0 Å². The average Bonchev–Trinajstić information content (AvgIpc) is 3.63. The molecule has 2 fully saturated rings. The SMILES string of the molecule is Br.CCc1nn2c(-c3c(OC)cc(COC)cc3OC)cccc2c1[N+](C)(CC1CC1)C1CCOCC1. The van der Waals surface area contributed by atoms with Crippen LogP contribution in [0.25, 0.3) is 16.8 Å². The molecule has 1 saturated carbocycles. The molecule has 1 saturated heterocycles. The van der Waals surface area contributed by atoms with E-state index in [4.69, 9.17) is 24.0 Å². The Balaban J connectivity index is 0.00000320. The molecule has 2 aromatic heterocycles. The van der Waals surface area contributed by atoms with Crippen molar-refractivity contribution in [1.82, 2.24) is 14.1 Å². The highest BCUT2D eigenvalue weighted by atomic mass is 79.9. The first-order valence-electron chi connectivity index (χ1n) is 13.2. The van der Waals surface area contributed by atoms with Gasteiger partial charge in [-0.1, -0.05) is 13.0 Å². The smallest absolute Gasteiger partial charge is 0.182 e. The van der Waals surface area contributed by atoms with Gasteiger partial charge in [0, 0.05) is 25.9 Å². The summed E-state index contributed by atoms with van der Waals surface area (Å²) < 4.78 is 25.9. The topological polar surface area (TPSA) is 54.2 Å². The average molecular weight is 576 g/mol. The third-order valence-electron chi connectivity index (χ3n) is 8.01. The molecule has 1 atom stereocenters. The van der Waals surface area contributed by atoms with Crippen molar-refractivity contribution in [2.45, 2.75) is 51.7 Å². The Morgan fingerprint density at radius 2 is 1.70 bits per heavy atom. The summed E-state index contributed by atoms with van der Waals surface area (Å²) in [7, 11) is 7.55. The zero-order chi connectivity index (χ0) is 25.3. The summed E-state index contributed by atoms with van der Waals surface area (Å²) in [5, 5.41) is 5.24. The molecule has 0 spiro atoms. The number of halogens is 1. The van der Waals surface area contributed by atoms with Crippen LogP contribution in [0.3, 0.4) is 0 Å². The molecule has 1 aliphatic carbocycles. The fourth-order valence-corrected chi connectivity index (χ4v) is 6.07. The number of hydrogen-bond acceptors (Lipinski definition) is 5. The van der Waals surface area contributed by atoms with Crippen molar-refractivity contribution < 1.29 is 18.9 Å². The van der Waals surface area contributed by atoms with Crippen LogP contribution >= 0.6 is 17.0 Å². The van der Waals surface area contributed by atoms with Gasteiger partial charge in [-0.25, -0.2) is 4.52 Å². The Hall–Kier alpha value is -2.13. The van der Waals surface area contributed by atoms with Crippen molar-refractivity contribution in [3.05, 3.63) is 41.6 Å². The summed E-state index contributed by atoms with van der Waals surface area (Å²) in [5.41, 5.74) is 6.59. The molecule has 8 heteroatoms. The minimum atomic E-state index is 0. The van der Waals surface area contributed by atoms with E-state index >= 15 is 0 Å². The standard InChI is InChI=1S/C29H40N3O4.BrH/c1-6-23-29(32(2,18-20-10-11-20)22-12-14-36-15-13-22)25-9-7-8-24(31(25)30-23)28-26(34-4)16-21(19-33-3)17-27(28)35-5;/h7-9,16-17,20,22H,6,10-15,18-19H2,1-5H3;1H/q+1;. The number of methoxy groups -OCH3 is 3. The van der Waals surface area contributed by atoms with Gasteiger partial charge in [0.15, 0.2) is 5.69 Å². The second-order valence-electron chi connectivity index (χ2n) is 10.4. The van der Waals surface area contributed by atoms with Gasteiger partial charge in [-0.15, -0.1) is 17.0 Å². The Morgan fingerprint density at radius 3 is 2.27 bits per heavy atom. The Labute approximate surface area is 231 Å². The molecule has 1 aliphatic heterocycles. The molecule has 5 rings (SSSR count). The van der Waals surface area contributed by atoms with E-state index in [1.807, 2.05) is 12.1 Å². The Morgan fingerprint density at radius 1 is 1.03 bits per heavy atom. The van der Waals surface area contributed by atoms with E-state index in [1.165, 1.54) is 36.3 Å². The van der Waals surface area contributed by atoms with Gasteiger partial charge in [-0.3, -0.25) is 4.48 Å². The summed E-state index contributed by atoms with van der Waals surface area (Å²) in [5.74, 6) is 2.31. The van der Waals surface area contributed by atoms with Gasteiger partial charge < -0.3 is 18.9 Å². The molecule has 0 bridgehead atoms. The van der Waals surface area contributed by atoms with Crippen LogP contribution in [0, 0.1) is 5.92 Å². The molecule has 202 valence electrons. The van der Waals surface area contributed by atoms with Crippen LogP contribution in [0.5, 0.6) is 11.5 Å². The number of aryl methyl sites for hydroxylation is 1. The third kappa shape index (κ3) is 5.26. The highest BCUT2D eigenvalue weighted by Gasteiger charge is 2.44. The van der Waals surface area contributed by atoms with Crippen LogP contribution in [-0.2, 0) is 22.5 Å². The molecule has 3 heterocycles. The van der Waals surface area contributed by atoms with E-state index in [9.17, 15) is 0 Å². The van der Waals surface area contributed by atoms with Gasteiger partial charge in [0.2, 0.25) is 0 Å². The molecule has 0 radical (unpaired) electrons. The molecular formula is C29H41BrN3O4+. The van der Waals surface area contributed by atoms with Crippen molar-refractivity contribution in [2.24, 2.45) is 5.92 Å². The predicted octanol–water partition coefficient (Wildman–Crippen LogP) is 5.83. The first-order valence-corrected chi connectivity index (χ1v) is 13.2. The Kier molecular flexibility index (Phi) is 8.84. The summed E-state index contributed by atoms with van der Waals surface area (Å²) in [6, 6.07) is 11.1. The maximum atomic E-state index is 5.87. The lowest BCUT2D eigenvalue weighted by Crippen LogP contribution is -2.57. The number of quaternary nitrogens is 1. The van der Waals surface area contributed by atoms with Crippen molar-refractivity contribution in [1.29, 1.82) is 0 Å². The van der Waals surface area contributed by atoms with E-state index in [0.29, 0.717) is 12.6 Å². The van der Waals surface area contributed by atoms with Crippen LogP contribution in [-0.4, -0.2) is 63.8 Å². The molecule has 0 amide bonds. The Bertz CT molecular complexity index is 1190. The molecule has 37 heavy (non-hydrogen) atoms. The van der Waals surface area contributed by atoms with Gasteiger partial charge >= 0.3 is 0 Å². The molecule has 1 unspecified atom stereocenters. The largest absolute Gasteiger partial charge is 0.496 e. The van der Waals surface area contributed by atoms with Crippen molar-refractivity contribution >= 4 is 28.2 Å². The first kappa shape index (κ1) is 27.9. The monoisotopic (exact) mass is 574 g/mol. The normalized spacial score (nSPS) is 17.9. The number of ether oxygens (including phenoxy) is 4. The molecule has 7 nitrogen and oxygen atoms in total. The fraction of sp³-hybridized carbons (Fsp3) is 0.552. The van der Waals surface area contributed by atoms with Crippen LogP contribution in [0.15, 0.2) is 30.3 Å². The van der Waals surface area contributed by atoms with Gasteiger partial charge in [0.1, 0.15) is 22.7 Å². The van der Waals surface area contributed by atoms with Gasteiger partial charge in [-0.05, 0) is 49.1 Å². The van der Waals surface area contributed by atoms with Crippen LogP contribution < -0.4 is 14.0 Å². The second kappa shape index (κ2) is 11.7. The summed E-state index contributed by atoms with van der Waals surface area (Å²) in [6.07, 6.45) is 5.74. The third-order valence-corrected chi connectivity index (χ3v) is 8.01. The maximum Gasteiger partial charge on any atom is 0.182 e. The molecular weight excluding hydrogens is 534 g/mol. The van der Waals surface area contributed by atoms with E-state index < -0.39 is 0 Å². The minimum absolute atomic E-state index is 0. The highest BCUT2D eigenvalue weighted by molar-refractivity contribution is 8.93. The quantitative estimate of drug-likeness (QED) is 0.285. The molecule has 2 aliphatic rings. The summed E-state index contributed by atoms with van der Waals surface area (Å²) in [6.45, 7) is 5.57. The molecule has 3 aromatic rings. The number of benzene rings is 1. The second-order valence-corrected chi connectivity index (χ2v) is 10.4. The van der Waals surface area contributed by atoms with E-state index in [1.54, 1.807) is 21.3 Å². The van der Waals surface area contributed by atoms with Crippen LogP contribution in [0.1, 0.15) is 43.9 Å². The zero-order valence-corrected chi connectivity index (χ0v) is 24.5. The highest BCUT2D eigenvalue weighted by Crippen LogP contribution is 2.45. The maximum absolute atomic E-state index is 5.87. The van der Waals surface area contributed by atoms with Crippen molar-refractivity contribution in [2.75, 3.05) is 48.1 Å². The fourth-order valence-electron chi connectivity index (χ4n) is 6.07. The van der Waals surface area contributed by atoms with Crippen molar-refractivity contribution in [3.63, 3.8) is 0 Å². The summed E-state index contributed by atoms with van der Waals surface area (Å²) in [4.78, 5) is 0. The van der Waals surface area contributed by atoms with Crippen molar-refractivity contribution in [3.8, 4) is 22.8 Å². The number of pyridine rings is 1. The lowest BCUT2D eigenvalue weighted by Gasteiger charge is -2.43. The first-order chi connectivity index (χ1) is 17.5. The number of rotatable bonds is 10. The minimum Gasteiger partial charge on any atom is -0.496 e. The molecule has 0 N–H and O–H groups in total. The van der Waals surface area contributed by atoms with Gasteiger partial charge in [0.05, 0.1) is 64.9 Å². The number of hydrogen-bond donors (Lipinski definition) is 0. The van der Waals surface area contributed by atoms with Crippen LogP contribution in [0.4, 0.5) is 5.69 Å². The number of fused-ring (bicyclic) bond motifs is 1. The van der Waals surface area contributed by atoms with Gasteiger partial charge in [0.25, 0.3) is 0 Å². The number of nitrogens with zero attached hydrogens (tertiary/aromatic N) is 3. The van der Waals surface area contributed by atoms with Crippen LogP contribution in [0.2, 0.25) is 0 Å².